The van der Waals surface area contributed by atoms with Gasteiger partial charge in [-0.25, -0.2) is 14.4 Å². The zero-order valence-corrected chi connectivity index (χ0v) is 19.6. The highest BCUT2D eigenvalue weighted by molar-refractivity contribution is 5.94. The molecule has 4 aromatic heterocycles. The van der Waals surface area contributed by atoms with Gasteiger partial charge < -0.3 is 14.8 Å². The van der Waals surface area contributed by atoms with Gasteiger partial charge in [-0.3, -0.25) is 9.48 Å². The van der Waals surface area contributed by atoms with Gasteiger partial charge in [0.1, 0.15) is 17.8 Å². The Balaban J connectivity index is 1.36. The van der Waals surface area contributed by atoms with Crippen molar-refractivity contribution in [3.63, 3.8) is 0 Å². The van der Waals surface area contributed by atoms with Crippen molar-refractivity contribution in [3.05, 3.63) is 66.1 Å². The molecule has 11 heteroatoms. The lowest BCUT2D eigenvalue weighted by Gasteiger charge is -2.10. The third-order valence-corrected chi connectivity index (χ3v) is 5.50. The van der Waals surface area contributed by atoms with Crippen molar-refractivity contribution < 1.29 is 13.7 Å². The fraction of sp³-hybridized carbons (Fsp3) is 0.250. The van der Waals surface area contributed by atoms with Gasteiger partial charge in [0.05, 0.1) is 17.6 Å². The number of hydrogen-bond acceptors (Lipinski definition) is 7. The first-order valence-corrected chi connectivity index (χ1v) is 10.9. The smallest absolute Gasteiger partial charge is 0.315 e. The lowest BCUT2D eigenvalue weighted by Crippen LogP contribution is -2.24. The van der Waals surface area contributed by atoms with Gasteiger partial charge >= 0.3 is 11.8 Å². The van der Waals surface area contributed by atoms with Crippen molar-refractivity contribution in [2.75, 3.05) is 0 Å². The van der Waals surface area contributed by atoms with Gasteiger partial charge in [0.25, 0.3) is 0 Å². The van der Waals surface area contributed by atoms with E-state index in [0.717, 1.165) is 16.6 Å². The van der Waals surface area contributed by atoms with Crippen LogP contribution in [-0.4, -0.2) is 40.8 Å². The van der Waals surface area contributed by atoms with E-state index in [2.05, 4.69) is 35.5 Å². The summed E-state index contributed by atoms with van der Waals surface area (Å²) in [4.78, 5) is 28.4. The van der Waals surface area contributed by atoms with Gasteiger partial charge in [0.2, 0.25) is 0 Å². The van der Waals surface area contributed by atoms with Crippen molar-refractivity contribution in [2.24, 2.45) is 7.05 Å². The van der Waals surface area contributed by atoms with Gasteiger partial charge in [-0.2, -0.15) is 10.1 Å². The van der Waals surface area contributed by atoms with Crippen LogP contribution in [-0.2, 0) is 19.0 Å². The molecule has 10 nitrogen and oxygen atoms in total. The van der Waals surface area contributed by atoms with Crippen molar-refractivity contribution >= 4 is 16.9 Å². The zero-order chi connectivity index (χ0) is 24.7. The summed E-state index contributed by atoms with van der Waals surface area (Å²) in [7, 11) is 1.84. The van der Waals surface area contributed by atoms with Gasteiger partial charge in [0.15, 0.2) is 5.82 Å². The van der Waals surface area contributed by atoms with Crippen LogP contribution in [0.1, 0.15) is 42.8 Å². The third-order valence-electron chi connectivity index (χ3n) is 5.50. The molecule has 0 aliphatic carbocycles. The van der Waals surface area contributed by atoms with Crippen molar-refractivity contribution in [1.29, 1.82) is 0 Å². The summed E-state index contributed by atoms with van der Waals surface area (Å²) in [6.07, 6.45) is 5.07. The Morgan fingerprint density at radius 1 is 1.20 bits per heavy atom. The molecule has 2 N–H and O–H groups in total. The summed E-state index contributed by atoms with van der Waals surface area (Å²) < 4.78 is 21.7. The highest BCUT2D eigenvalue weighted by atomic mass is 19.1. The Labute approximate surface area is 199 Å². The molecule has 0 aliphatic rings. The molecule has 0 spiro atoms. The zero-order valence-electron chi connectivity index (χ0n) is 19.6. The fourth-order valence-electron chi connectivity index (χ4n) is 3.60. The summed E-state index contributed by atoms with van der Waals surface area (Å²) in [5.74, 6) is -0.777. The van der Waals surface area contributed by atoms with Crippen LogP contribution in [0.25, 0.3) is 33.5 Å². The van der Waals surface area contributed by atoms with E-state index in [9.17, 15) is 9.18 Å². The Bertz CT molecular complexity index is 1540. The molecule has 1 amide bonds. The number of hydrogen-bond donors (Lipinski definition) is 2. The van der Waals surface area contributed by atoms with E-state index in [0.29, 0.717) is 28.3 Å². The predicted octanol–water partition coefficient (Wildman–Crippen LogP) is 3.78. The Kier molecular flexibility index (Phi) is 5.39. The number of benzene rings is 1. The molecule has 178 valence electrons. The molecule has 0 unspecified atom stereocenters. The van der Waals surface area contributed by atoms with Crippen LogP contribution < -0.4 is 5.32 Å². The Hall–Kier alpha value is -4.41. The Morgan fingerprint density at radius 2 is 2.03 bits per heavy atom. The fourth-order valence-corrected chi connectivity index (χ4v) is 3.60. The molecule has 0 saturated carbocycles. The summed E-state index contributed by atoms with van der Waals surface area (Å²) in [5.41, 5.74) is 3.53. The second-order valence-corrected chi connectivity index (χ2v) is 9.23. The molecule has 5 aromatic rings. The number of aryl methyl sites for hydroxylation is 1. The molecule has 0 radical (unpaired) electrons. The SMILES string of the molecule is Cn1cc(-c2cc3c(-c4ccc(CNC(=O)c5nc(C(C)(C)C)no5)c(F)c4)ncnc3[nH]2)cn1. The topological polar surface area (TPSA) is 127 Å². The second-order valence-electron chi connectivity index (χ2n) is 9.23. The maximum absolute atomic E-state index is 15.0. The number of carbonyl (C=O) groups excluding carboxylic acids is 1. The normalized spacial score (nSPS) is 11.8. The van der Waals surface area contributed by atoms with Crippen LogP contribution in [0.5, 0.6) is 0 Å². The van der Waals surface area contributed by atoms with E-state index in [1.165, 1.54) is 12.4 Å². The van der Waals surface area contributed by atoms with E-state index < -0.39 is 11.7 Å². The lowest BCUT2D eigenvalue weighted by molar-refractivity contribution is 0.0906. The number of halogens is 1. The number of H-pyrrole nitrogens is 1. The molecule has 5 rings (SSSR count). The summed E-state index contributed by atoms with van der Waals surface area (Å²) in [6.45, 7) is 5.70. The van der Waals surface area contributed by atoms with Crippen LogP contribution in [0.2, 0.25) is 0 Å². The average molecular weight is 475 g/mol. The minimum atomic E-state index is -0.566. The molecule has 0 atom stereocenters. The van der Waals surface area contributed by atoms with E-state index >= 15 is 0 Å². The minimum Gasteiger partial charge on any atom is -0.344 e. The average Bonchev–Trinajstić information content (AvgIpc) is 3.56. The maximum Gasteiger partial charge on any atom is 0.315 e. The first-order chi connectivity index (χ1) is 16.7. The van der Waals surface area contributed by atoms with Gasteiger partial charge in [-0.15, -0.1) is 0 Å². The molecular weight excluding hydrogens is 451 g/mol. The molecular formula is C24H23FN8O2. The number of carbonyl (C=O) groups is 1. The molecule has 0 saturated heterocycles. The van der Waals surface area contributed by atoms with Crippen molar-refractivity contribution in [3.8, 4) is 22.5 Å². The summed E-state index contributed by atoms with van der Waals surface area (Å²) >= 11 is 0. The quantitative estimate of drug-likeness (QED) is 0.397. The number of nitrogens with zero attached hydrogens (tertiary/aromatic N) is 6. The standard InChI is InChI=1S/C24H23FN8O2/c1-24(2,3)23-31-22(35-32-23)21(34)26-9-14-6-5-13(7-17(14)25)19-16-8-18(15-10-29-33(4)11-15)30-20(16)28-12-27-19/h5-8,10-12H,9H2,1-4H3,(H,26,34)(H,27,28,30). The summed E-state index contributed by atoms with van der Waals surface area (Å²) in [5, 5.41) is 11.4. The second kappa shape index (κ2) is 8.42. The monoisotopic (exact) mass is 474 g/mol. The van der Waals surface area contributed by atoms with Crippen LogP contribution in [0.3, 0.4) is 0 Å². The molecule has 0 fully saturated rings. The first kappa shape index (κ1) is 22.4. The van der Waals surface area contributed by atoms with Crippen molar-refractivity contribution in [2.45, 2.75) is 32.7 Å². The van der Waals surface area contributed by atoms with Gasteiger partial charge in [0, 0.05) is 47.3 Å². The van der Waals surface area contributed by atoms with E-state index in [1.807, 2.05) is 40.1 Å². The van der Waals surface area contributed by atoms with E-state index in [4.69, 9.17) is 4.52 Å². The van der Waals surface area contributed by atoms with Crippen molar-refractivity contribution in [1.82, 2.24) is 40.2 Å². The molecule has 35 heavy (non-hydrogen) atoms. The van der Waals surface area contributed by atoms with Crippen LogP contribution >= 0.6 is 0 Å². The number of aromatic amines is 1. The minimum absolute atomic E-state index is 0.0350. The van der Waals surface area contributed by atoms with Gasteiger partial charge in [-0.05, 0) is 12.1 Å². The maximum atomic E-state index is 15.0. The highest BCUT2D eigenvalue weighted by Crippen LogP contribution is 2.30. The van der Waals surface area contributed by atoms with Crippen LogP contribution in [0.15, 0.2) is 47.5 Å². The third kappa shape index (κ3) is 4.39. The molecule has 0 bridgehead atoms. The number of aromatic nitrogens is 7. The largest absolute Gasteiger partial charge is 0.344 e. The van der Waals surface area contributed by atoms with Gasteiger partial charge in [-0.1, -0.05) is 38.1 Å². The predicted molar refractivity (Wildman–Crippen MR) is 126 cm³/mol. The van der Waals surface area contributed by atoms with Crippen LogP contribution in [0, 0.1) is 5.82 Å². The lowest BCUT2D eigenvalue weighted by atomic mass is 9.96. The number of amides is 1. The number of rotatable bonds is 5. The Morgan fingerprint density at radius 3 is 2.71 bits per heavy atom. The molecule has 0 aliphatic heterocycles. The molecule has 1 aromatic carbocycles. The van der Waals surface area contributed by atoms with Crippen LogP contribution in [0.4, 0.5) is 4.39 Å². The number of nitrogens with one attached hydrogen (secondary N) is 2. The highest BCUT2D eigenvalue weighted by Gasteiger charge is 2.24. The number of fused-ring (bicyclic) bond motifs is 1. The first-order valence-electron chi connectivity index (χ1n) is 10.9. The molecule has 4 heterocycles. The van der Waals surface area contributed by atoms with E-state index in [1.54, 1.807) is 23.0 Å². The summed E-state index contributed by atoms with van der Waals surface area (Å²) in [6, 6.07) is 6.68. The van der Waals surface area contributed by atoms with E-state index in [-0.39, 0.29) is 17.9 Å².